The van der Waals surface area contributed by atoms with Crippen molar-refractivity contribution in [3.05, 3.63) is 45.1 Å². The molecular formula is C17H21BrN2O4. The highest BCUT2D eigenvalue weighted by molar-refractivity contribution is 9.09. The monoisotopic (exact) mass is 396 g/mol. The minimum Gasteiger partial charge on any atom is -0.467 e. The molecule has 0 radical (unpaired) electrons. The van der Waals surface area contributed by atoms with Crippen LogP contribution in [0.4, 0.5) is 0 Å². The third-order valence-corrected chi connectivity index (χ3v) is 4.62. The summed E-state index contributed by atoms with van der Waals surface area (Å²) in [6, 6.07) is 6.95. The Morgan fingerprint density at radius 3 is 2.50 bits per heavy atom. The number of aromatic nitrogens is 2. The number of nitrogens with zero attached hydrogens (tertiary/aromatic N) is 2. The lowest BCUT2D eigenvalue weighted by atomic mass is 10.1. The van der Waals surface area contributed by atoms with Crippen molar-refractivity contribution in [2.75, 3.05) is 12.4 Å². The first-order valence-corrected chi connectivity index (χ1v) is 8.88. The van der Waals surface area contributed by atoms with Crippen LogP contribution in [0, 0.1) is 0 Å². The average Bonchev–Trinajstić information content (AvgIpc) is 2.57. The van der Waals surface area contributed by atoms with E-state index in [9.17, 15) is 14.4 Å². The molecule has 1 aromatic carbocycles. The zero-order chi connectivity index (χ0) is 17.9. The number of ether oxygens (including phenoxy) is 1. The number of fused-ring (bicyclic) bond motifs is 1. The van der Waals surface area contributed by atoms with Gasteiger partial charge in [0.25, 0.3) is 5.56 Å². The van der Waals surface area contributed by atoms with Crippen LogP contribution in [0.25, 0.3) is 10.9 Å². The van der Waals surface area contributed by atoms with Crippen molar-refractivity contribution in [3.8, 4) is 0 Å². The van der Waals surface area contributed by atoms with Gasteiger partial charge >= 0.3 is 11.7 Å². The summed E-state index contributed by atoms with van der Waals surface area (Å²) in [4.78, 5) is 37.9. The lowest BCUT2D eigenvalue weighted by molar-refractivity contribution is -0.149. The fourth-order valence-electron chi connectivity index (χ4n) is 2.74. The Labute approximate surface area is 148 Å². The first-order valence-electron chi connectivity index (χ1n) is 7.75. The van der Waals surface area contributed by atoms with Crippen LogP contribution >= 0.6 is 15.9 Å². The van der Waals surface area contributed by atoms with Gasteiger partial charge in [-0.15, -0.1) is 0 Å². The van der Waals surface area contributed by atoms with Crippen molar-refractivity contribution >= 4 is 32.8 Å². The molecule has 0 fully saturated rings. The lowest BCUT2D eigenvalue weighted by Gasteiger charge is -2.25. The van der Waals surface area contributed by atoms with Crippen LogP contribution in [-0.2, 0) is 21.6 Å². The fourth-order valence-corrected chi connectivity index (χ4v) is 3.13. The van der Waals surface area contributed by atoms with Crippen molar-refractivity contribution in [2.24, 2.45) is 0 Å². The van der Waals surface area contributed by atoms with Crippen LogP contribution in [0.1, 0.15) is 26.7 Å². The Hall–Kier alpha value is -1.89. The molecule has 0 aliphatic carbocycles. The Morgan fingerprint density at radius 2 is 1.88 bits per heavy atom. The Balaban J connectivity index is 2.79. The molecule has 0 saturated carbocycles. The quantitative estimate of drug-likeness (QED) is 0.426. The van der Waals surface area contributed by atoms with E-state index < -0.39 is 22.8 Å². The van der Waals surface area contributed by atoms with Gasteiger partial charge in [0.2, 0.25) is 0 Å². The number of benzene rings is 1. The Morgan fingerprint density at radius 1 is 1.21 bits per heavy atom. The second-order valence-corrected chi connectivity index (χ2v) is 6.83. The summed E-state index contributed by atoms with van der Waals surface area (Å²) < 4.78 is 7.33. The number of methoxy groups -OCH3 is 1. The summed E-state index contributed by atoms with van der Waals surface area (Å²) in [6.45, 7) is 3.50. The van der Waals surface area contributed by atoms with Gasteiger partial charge < -0.3 is 4.74 Å². The van der Waals surface area contributed by atoms with Crippen LogP contribution in [0.2, 0.25) is 0 Å². The number of alkyl halides is 1. The molecule has 2 aromatic rings. The zero-order valence-electron chi connectivity index (χ0n) is 14.0. The second-order valence-electron chi connectivity index (χ2n) is 6.04. The molecule has 0 amide bonds. The van der Waals surface area contributed by atoms with Gasteiger partial charge in [-0.05, 0) is 38.8 Å². The van der Waals surface area contributed by atoms with Gasteiger partial charge in [-0.2, -0.15) is 0 Å². The molecule has 2 rings (SSSR count). The maximum Gasteiger partial charge on any atom is 0.332 e. The van der Waals surface area contributed by atoms with Gasteiger partial charge in [-0.1, -0.05) is 28.1 Å². The number of para-hydroxylation sites is 1. The molecule has 0 atom stereocenters. The van der Waals surface area contributed by atoms with Crippen molar-refractivity contribution in [1.82, 2.24) is 9.13 Å². The summed E-state index contributed by atoms with van der Waals surface area (Å²) in [6.07, 6.45) is 1.69. The van der Waals surface area contributed by atoms with Gasteiger partial charge in [0, 0.05) is 11.9 Å². The molecule has 1 aromatic heterocycles. The topological polar surface area (TPSA) is 70.3 Å². The molecule has 0 aliphatic heterocycles. The highest BCUT2D eigenvalue weighted by Gasteiger charge is 2.35. The molecule has 0 saturated heterocycles. The average molecular weight is 397 g/mol. The first kappa shape index (κ1) is 18.4. The van der Waals surface area contributed by atoms with Gasteiger partial charge in [0.1, 0.15) is 5.54 Å². The third kappa shape index (κ3) is 3.17. The number of hydrogen-bond acceptors (Lipinski definition) is 4. The van der Waals surface area contributed by atoms with E-state index in [1.165, 1.54) is 21.0 Å². The molecule has 0 N–H and O–H groups in total. The molecule has 130 valence electrons. The van der Waals surface area contributed by atoms with Crippen LogP contribution < -0.4 is 11.2 Å². The maximum atomic E-state index is 13.0. The molecule has 0 spiro atoms. The number of aryl methyl sites for hydroxylation is 1. The van der Waals surface area contributed by atoms with E-state index in [0.717, 1.165) is 22.7 Å². The highest BCUT2D eigenvalue weighted by Crippen LogP contribution is 2.16. The number of unbranched alkanes of at least 4 members (excludes halogenated alkanes) is 1. The normalized spacial score (nSPS) is 11.7. The summed E-state index contributed by atoms with van der Waals surface area (Å²) in [5.41, 5.74) is -1.78. The third-order valence-electron chi connectivity index (χ3n) is 4.06. The minimum absolute atomic E-state index is 0.410. The van der Waals surface area contributed by atoms with Crippen LogP contribution in [0.5, 0.6) is 0 Å². The van der Waals surface area contributed by atoms with E-state index in [1.807, 2.05) is 0 Å². The number of carbonyl (C=O) groups is 1. The van der Waals surface area contributed by atoms with Crippen molar-refractivity contribution in [3.63, 3.8) is 0 Å². The van der Waals surface area contributed by atoms with E-state index >= 15 is 0 Å². The van der Waals surface area contributed by atoms with Crippen molar-refractivity contribution in [2.45, 2.75) is 38.8 Å². The largest absolute Gasteiger partial charge is 0.467 e. The second kappa shape index (κ2) is 7.34. The number of halogens is 1. The van der Waals surface area contributed by atoms with E-state index in [0.29, 0.717) is 17.4 Å². The van der Waals surface area contributed by atoms with Gasteiger partial charge in [0.15, 0.2) is 0 Å². The van der Waals surface area contributed by atoms with E-state index in [1.54, 1.807) is 28.8 Å². The zero-order valence-corrected chi connectivity index (χ0v) is 15.6. The SMILES string of the molecule is COC(=O)C(C)(C)n1c(=O)c2ccccc2n(CCCCBr)c1=O. The molecule has 1 heterocycles. The summed E-state index contributed by atoms with van der Waals surface area (Å²) in [7, 11) is 1.24. The van der Waals surface area contributed by atoms with Crippen molar-refractivity contribution < 1.29 is 9.53 Å². The molecule has 24 heavy (non-hydrogen) atoms. The van der Waals surface area contributed by atoms with Crippen LogP contribution in [0.15, 0.2) is 33.9 Å². The summed E-state index contributed by atoms with van der Waals surface area (Å²) in [5, 5.41) is 1.25. The molecule has 0 aliphatic rings. The lowest BCUT2D eigenvalue weighted by Crippen LogP contribution is -2.53. The van der Waals surface area contributed by atoms with Gasteiger partial charge in [-0.25, -0.2) is 14.2 Å². The summed E-state index contributed by atoms with van der Waals surface area (Å²) in [5.74, 6) is -0.635. The number of carbonyl (C=O) groups excluding carboxylic acids is 1. The van der Waals surface area contributed by atoms with E-state index in [-0.39, 0.29) is 0 Å². The van der Waals surface area contributed by atoms with Crippen molar-refractivity contribution in [1.29, 1.82) is 0 Å². The molecule has 0 bridgehead atoms. The predicted molar refractivity (Wildman–Crippen MR) is 96.8 cm³/mol. The fraction of sp³-hybridized carbons (Fsp3) is 0.471. The number of esters is 1. The molecule has 7 heteroatoms. The summed E-state index contributed by atoms with van der Waals surface area (Å²) >= 11 is 3.37. The smallest absolute Gasteiger partial charge is 0.332 e. The highest BCUT2D eigenvalue weighted by atomic mass is 79.9. The maximum absolute atomic E-state index is 13.0. The van der Waals surface area contributed by atoms with Crippen LogP contribution in [0.3, 0.4) is 0 Å². The number of hydrogen-bond donors (Lipinski definition) is 0. The van der Waals surface area contributed by atoms with Gasteiger partial charge in [0.05, 0.1) is 18.0 Å². The molecular weight excluding hydrogens is 376 g/mol. The Bertz CT molecular complexity index is 867. The van der Waals surface area contributed by atoms with E-state index in [4.69, 9.17) is 4.74 Å². The molecule has 0 unspecified atom stereocenters. The number of rotatable bonds is 6. The Kier molecular flexibility index (Phi) is 5.64. The standard InChI is InChI=1S/C17H21BrN2O4/c1-17(2,15(22)24-3)20-14(21)12-8-4-5-9-13(12)19(16(20)23)11-7-6-10-18/h4-5,8-9H,6-7,10-11H2,1-3H3. The molecule has 6 nitrogen and oxygen atoms in total. The van der Waals surface area contributed by atoms with Crippen LogP contribution in [-0.4, -0.2) is 27.5 Å². The van der Waals surface area contributed by atoms with Gasteiger partial charge in [-0.3, -0.25) is 9.36 Å². The van der Waals surface area contributed by atoms with E-state index in [2.05, 4.69) is 15.9 Å². The first-order chi connectivity index (χ1) is 11.4. The predicted octanol–water partition coefficient (Wildman–Crippen LogP) is 2.25. The minimum atomic E-state index is -1.38.